The van der Waals surface area contributed by atoms with Gasteiger partial charge in [-0.05, 0) is 47.9 Å². The molecule has 1 aromatic heterocycles. The summed E-state index contributed by atoms with van der Waals surface area (Å²) >= 11 is 0. The Morgan fingerprint density at radius 1 is 1.23 bits per heavy atom. The van der Waals surface area contributed by atoms with Crippen LogP contribution in [-0.4, -0.2) is 98.7 Å². The van der Waals surface area contributed by atoms with Crippen molar-refractivity contribution in [2.24, 2.45) is 0 Å². The van der Waals surface area contributed by atoms with Crippen molar-refractivity contribution >= 4 is 11.7 Å². The highest BCUT2D eigenvalue weighted by atomic mass is 16.7. The van der Waals surface area contributed by atoms with Gasteiger partial charge in [0.2, 0.25) is 0 Å². The standard InChI is InChI=1S/C23H36N4O8/c1-7-11(2)21(31)24-15-8-9-27(23(32)25-15)16-10-14(28)20(13(4)33-16)35-22-19(30)18(29)17(26(5)6)12(3)34-22/h7-9,12-14,16-20,22,28-30H,10H2,1-6H3,(H,24,25,31,32)/b11-7+/t12-,13-,14-,16+,17+,18+,19-,20+,22+/m1/s1. The first-order valence-corrected chi connectivity index (χ1v) is 11.6. The molecule has 1 aromatic rings. The summed E-state index contributed by atoms with van der Waals surface area (Å²) in [6, 6.07) is 1.05. The minimum absolute atomic E-state index is 0.0151. The molecule has 0 bridgehead atoms. The Balaban J connectivity index is 1.67. The number of carbonyl (C=O) groups is 1. The lowest BCUT2D eigenvalue weighted by Gasteiger charge is -2.46. The fourth-order valence-corrected chi connectivity index (χ4v) is 4.47. The van der Waals surface area contributed by atoms with E-state index >= 15 is 0 Å². The second-order valence-electron chi connectivity index (χ2n) is 9.27. The summed E-state index contributed by atoms with van der Waals surface area (Å²) in [5.41, 5.74) is -0.164. The quantitative estimate of drug-likeness (QED) is 0.382. The molecule has 35 heavy (non-hydrogen) atoms. The van der Waals surface area contributed by atoms with Gasteiger partial charge in [0.15, 0.2) is 6.29 Å². The van der Waals surface area contributed by atoms with Crippen LogP contribution in [0.3, 0.4) is 0 Å². The molecule has 196 valence electrons. The number of aromatic nitrogens is 2. The molecule has 12 heteroatoms. The molecule has 3 heterocycles. The Morgan fingerprint density at radius 2 is 1.91 bits per heavy atom. The molecule has 0 aromatic carbocycles. The van der Waals surface area contributed by atoms with E-state index in [0.29, 0.717) is 5.57 Å². The van der Waals surface area contributed by atoms with E-state index in [0.717, 1.165) is 0 Å². The van der Waals surface area contributed by atoms with Crippen LogP contribution >= 0.6 is 0 Å². The van der Waals surface area contributed by atoms with Gasteiger partial charge in [-0.2, -0.15) is 4.98 Å². The SMILES string of the molecule is C/C=C(\C)C(=O)Nc1ccn([C@@H]2C[C@@H](O)[C@@H](O[C@@H]3O[C@H](C)[C@H](N(C)C)[C@H](O)[C@H]3O)[C@@H](C)O2)c(=O)n1. The molecule has 0 unspecified atom stereocenters. The van der Waals surface area contributed by atoms with Crippen LogP contribution < -0.4 is 11.0 Å². The van der Waals surface area contributed by atoms with Gasteiger partial charge in [-0.25, -0.2) is 4.79 Å². The summed E-state index contributed by atoms with van der Waals surface area (Å²) in [5, 5.41) is 34.4. The summed E-state index contributed by atoms with van der Waals surface area (Å²) in [7, 11) is 3.56. The molecule has 0 aliphatic carbocycles. The molecule has 3 rings (SSSR count). The molecule has 4 N–H and O–H groups in total. The van der Waals surface area contributed by atoms with Crippen molar-refractivity contribution in [3.63, 3.8) is 0 Å². The van der Waals surface area contributed by atoms with E-state index in [1.54, 1.807) is 52.8 Å². The number of nitrogens with one attached hydrogen (secondary N) is 1. The minimum atomic E-state index is -1.32. The zero-order chi connectivity index (χ0) is 26.0. The third kappa shape index (κ3) is 5.97. The number of amides is 1. The van der Waals surface area contributed by atoms with Gasteiger partial charge in [0.1, 0.15) is 30.4 Å². The number of hydrogen-bond donors (Lipinski definition) is 4. The highest BCUT2D eigenvalue weighted by Gasteiger charge is 2.47. The minimum Gasteiger partial charge on any atom is -0.390 e. The second kappa shape index (κ2) is 11.2. The largest absolute Gasteiger partial charge is 0.390 e. The fourth-order valence-electron chi connectivity index (χ4n) is 4.47. The maximum absolute atomic E-state index is 12.6. The number of aliphatic hydroxyl groups is 3. The topological polar surface area (TPSA) is 156 Å². The van der Waals surface area contributed by atoms with Gasteiger partial charge in [0.05, 0.1) is 24.4 Å². The third-order valence-electron chi connectivity index (χ3n) is 6.53. The Bertz CT molecular complexity index is 971. The van der Waals surface area contributed by atoms with Crippen molar-refractivity contribution in [3.05, 3.63) is 34.4 Å². The molecule has 0 saturated carbocycles. The molecule has 9 atom stereocenters. The molecular formula is C23H36N4O8. The number of anilines is 1. The predicted octanol–water partition coefficient (Wildman–Crippen LogP) is -0.402. The van der Waals surface area contributed by atoms with Crippen LogP contribution in [0.5, 0.6) is 0 Å². The van der Waals surface area contributed by atoms with E-state index in [-0.39, 0.29) is 18.1 Å². The van der Waals surface area contributed by atoms with Crippen molar-refractivity contribution in [2.45, 2.75) is 89.3 Å². The van der Waals surface area contributed by atoms with Crippen molar-refractivity contribution in [3.8, 4) is 0 Å². The smallest absolute Gasteiger partial charge is 0.351 e. The molecule has 2 aliphatic heterocycles. The summed E-state index contributed by atoms with van der Waals surface area (Å²) in [6.07, 6.45) is -4.34. The summed E-state index contributed by atoms with van der Waals surface area (Å²) in [5.74, 6) is -0.256. The maximum atomic E-state index is 12.6. The van der Waals surface area contributed by atoms with Gasteiger partial charge < -0.3 is 39.7 Å². The number of hydrogen-bond acceptors (Lipinski definition) is 10. The van der Waals surface area contributed by atoms with Gasteiger partial charge in [0.25, 0.3) is 5.91 Å². The Morgan fingerprint density at radius 3 is 2.49 bits per heavy atom. The molecule has 1 amide bonds. The van der Waals surface area contributed by atoms with Gasteiger partial charge in [-0.1, -0.05) is 6.08 Å². The second-order valence-corrected chi connectivity index (χ2v) is 9.27. The predicted molar refractivity (Wildman–Crippen MR) is 125 cm³/mol. The van der Waals surface area contributed by atoms with Crippen molar-refractivity contribution in [1.29, 1.82) is 0 Å². The number of aliphatic hydroxyl groups excluding tert-OH is 3. The lowest BCUT2D eigenvalue weighted by molar-refractivity contribution is -0.322. The van der Waals surface area contributed by atoms with E-state index < -0.39 is 60.9 Å². The number of carbonyl (C=O) groups excluding carboxylic acids is 1. The zero-order valence-electron chi connectivity index (χ0n) is 20.9. The van der Waals surface area contributed by atoms with Crippen LogP contribution in [0, 0.1) is 0 Å². The first-order chi connectivity index (χ1) is 16.4. The molecule has 0 radical (unpaired) electrons. The Labute approximate surface area is 204 Å². The van der Waals surface area contributed by atoms with Crippen molar-refractivity contribution in [1.82, 2.24) is 14.5 Å². The average molecular weight is 497 g/mol. The van der Waals surface area contributed by atoms with E-state index in [9.17, 15) is 24.9 Å². The van der Waals surface area contributed by atoms with Crippen LogP contribution in [0.15, 0.2) is 28.7 Å². The molecule has 2 aliphatic rings. The van der Waals surface area contributed by atoms with Crippen LogP contribution in [0.2, 0.25) is 0 Å². The number of allylic oxidation sites excluding steroid dienone is 1. The van der Waals surface area contributed by atoms with E-state index in [1.807, 2.05) is 0 Å². The average Bonchev–Trinajstić information content (AvgIpc) is 2.78. The van der Waals surface area contributed by atoms with Crippen LogP contribution in [-0.2, 0) is 19.0 Å². The number of rotatable bonds is 6. The van der Waals surface area contributed by atoms with Gasteiger partial charge in [0, 0.05) is 18.2 Å². The van der Waals surface area contributed by atoms with Gasteiger partial charge in [-0.3, -0.25) is 9.36 Å². The van der Waals surface area contributed by atoms with Crippen LogP contribution in [0.25, 0.3) is 0 Å². The molecule has 12 nitrogen and oxygen atoms in total. The Hall–Kier alpha value is -2.19. The Kier molecular flexibility index (Phi) is 8.81. The van der Waals surface area contributed by atoms with E-state index in [2.05, 4.69) is 10.3 Å². The number of ether oxygens (including phenoxy) is 3. The van der Waals surface area contributed by atoms with Gasteiger partial charge >= 0.3 is 5.69 Å². The number of nitrogens with zero attached hydrogens (tertiary/aromatic N) is 3. The molecule has 2 fully saturated rings. The lowest BCUT2D eigenvalue weighted by Crippen LogP contribution is -2.63. The van der Waals surface area contributed by atoms with Crippen LogP contribution in [0.1, 0.15) is 40.3 Å². The van der Waals surface area contributed by atoms with Crippen LogP contribution in [0.4, 0.5) is 5.82 Å². The fraction of sp³-hybridized carbons (Fsp3) is 0.696. The first-order valence-electron chi connectivity index (χ1n) is 11.6. The molecule has 2 saturated heterocycles. The summed E-state index contributed by atoms with van der Waals surface area (Å²) < 4.78 is 18.8. The highest BCUT2D eigenvalue weighted by Crippen LogP contribution is 2.32. The molecular weight excluding hydrogens is 460 g/mol. The zero-order valence-corrected chi connectivity index (χ0v) is 20.9. The van der Waals surface area contributed by atoms with E-state index in [4.69, 9.17) is 14.2 Å². The maximum Gasteiger partial charge on any atom is 0.351 e. The normalized spacial score (nSPS) is 36.3. The van der Waals surface area contributed by atoms with Crippen molar-refractivity contribution < 1.29 is 34.3 Å². The monoisotopic (exact) mass is 496 g/mol. The summed E-state index contributed by atoms with van der Waals surface area (Å²) in [4.78, 5) is 30.2. The van der Waals surface area contributed by atoms with Crippen molar-refractivity contribution in [2.75, 3.05) is 19.4 Å². The first kappa shape index (κ1) is 27.4. The number of likely N-dealkylation sites (N-methyl/N-ethyl adjacent to an activating group) is 1. The summed E-state index contributed by atoms with van der Waals surface area (Å²) in [6.45, 7) is 6.82. The highest BCUT2D eigenvalue weighted by molar-refractivity contribution is 6.02. The van der Waals surface area contributed by atoms with Gasteiger partial charge in [-0.15, -0.1) is 0 Å². The van der Waals surface area contributed by atoms with E-state index in [1.165, 1.54) is 16.8 Å². The molecule has 0 spiro atoms. The third-order valence-corrected chi connectivity index (χ3v) is 6.53. The lowest BCUT2D eigenvalue weighted by atomic mass is 9.95.